The van der Waals surface area contributed by atoms with Gasteiger partial charge in [0.2, 0.25) is 0 Å². The molecule has 0 aliphatic carbocycles. The fourth-order valence-corrected chi connectivity index (χ4v) is 2.31. The predicted octanol–water partition coefficient (Wildman–Crippen LogP) is 1.08. The van der Waals surface area contributed by atoms with Crippen LogP contribution in [0.15, 0.2) is 24.3 Å². The number of hydrogen-bond acceptors (Lipinski definition) is 4. The topological polar surface area (TPSA) is 71.1 Å². The first-order chi connectivity index (χ1) is 11.5. The quantitative estimate of drug-likeness (QED) is 0.874. The highest BCUT2D eigenvalue weighted by Gasteiger charge is 2.20. The van der Waals surface area contributed by atoms with Gasteiger partial charge in [-0.2, -0.15) is 0 Å². The van der Waals surface area contributed by atoms with Gasteiger partial charge in [-0.15, -0.1) is 0 Å². The van der Waals surface area contributed by atoms with Gasteiger partial charge in [0, 0.05) is 33.7 Å². The number of amides is 3. The van der Waals surface area contributed by atoms with E-state index < -0.39 is 0 Å². The van der Waals surface area contributed by atoms with Crippen LogP contribution in [0.4, 0.5) is 4.79 Å². The van der Waals surface area contributed by atoms with Crippen molar-refractivity contribution < 1.29 is 19.1 Å². The summed E-state index contributed by atoms with van der Waals surface area (Å²) >= 11 is 0. The maximum Gasteiger partial charge on any atom is 0.317 e. The Morgan fingerprint density at radius 3 is 2.92 bits per heavy atom. The fraction of sp³-hybridized carbons (Fsp3) is 0.529. The Bertz CT molecular complexity index is 577. The summed E-state index contributed by atoms with van der Waals surface area (Å²) in [6.07, 6.45) is 0.0652. The first-order valence-corrected chi connectivity index (χ1v) is 8.02. The Labute approximate surface area is 142 Å². The molecule has 132 valence electrons. The Kier molecular flexibility index (Phi) is 6.43. The van der Waals surface area contributed by atoms with Gasteiger partial charge < -0.3 is 24.6 Å². The van der Waals surface area contributed by atoms with Crippen molar-refractivity contribution in [3.8, 4) is 5.75 Å². The summed E-state index contributed by atoms with van der Waals surface area (Å²) in [4.78, 5) is 26.9. The summed E-state index contributed by atoms with van der Waals surface area (Å²) in [5, 5.41) is 2.90. The van der Waals surface area contributed by atoms with E-state index in [9.17, 15) is 9.59 Å². The van der Waals surface area contributed by atoms with Crippen molar-refractivity contribution in [2.45, 2.75) is 19.6 Å². The van der Waals surface area contributed by atoms with Gasteiger partial charge in [-0.3, -0.25) is 4.79 Å². The van der Waals surface area contributed by atoms with Crippen molar-refractivity contribution >= 4 is 11.9 Å². The summed E-state index contributed by atoms with van der Waals surface area (Å²) in [6, 6.07) is 7.26. The number of morpholine rings is 1. The van der Waals surface area contributed by atoms with E-state index in [1.165, 1.54) is 4.90 Å². The third kappa shape index (κ3) is 5.42. The van der Waals surface area contributed by atoms with E-state index in [1.54, 1.807) is 25.1 Å². The summed E-state index contributed by atoms with van der Waals surface area (Å²) in [7, 11) is 3.37. The fourth-order valence-electron chi connectivity index (χ4n) is 2.31. The highest BCUT2D eigenvalue weighted by Crippen LogP contribution is 2.13. The second-order valence-electron chi connectivity index (χ2n) is 6.01. The largest absolute Gasteiger partial charge is 0.484 e. The van der Waals surface area contributed by atoms with Crippen LogP contribution < -0.4 is 10.1 Å². The van der Waals surface area contributed by atoms with Gasteiger partial charge in [0.05, 0.1) is 12.7 Å². The minimum atomic E-state index is -0.102. The molecule has 1 aromatic carbocycles. The average molecular weight is 335 g/mol. The van der Waals surface area contributed by atoms with Gasteiger partial charge in [-0.05, 0) is 24.6 Å². The van der Waals surface area contributed by atoms with Gasteiger partial charge in [0.15, 0.2) is 6.61 Å². The number of nitrogens with zero attached hydrogens (tertiary/aromatic N) is 2. The minimum Gasteiger partial charge on any atom is -0.484 e. The van der Waals surface area contributed by atoms with E-state index >= 15 is 0 Å². The third-order valence-corrected chi connectivity index (χ3v) is 3.73. The van der Waals surface area contributed by atoms with Crippen LogP contribution in [0.5, 0.6) is 5.75 Å². The Morgan fingerprint density at radius 1 is 1.42 bits per heavy atom. The summed E-state index contributed by atoms with van der Waals surface area (Å²) in [5.74, 6) is 0.507. The van der Waals surface area contributed by atoms with Crippen LogP contribution in [0.25, 0.3) is 0 Å². The molecule has 1 N–H and O–H groups in total. The van der Waals surface area contributed by atoms with Crippen LogP contribution in [0.1, 0.15) is 12.5 Å². The van der Waals surface area contributed by atoms with Crippen LogP contribution in [-0.4, -0.2) is 68.2 Å². The lowest BCUT2D eigenvalue weighted by Crippen LogP contribution is -2.48. The van der Waals surface area contributed by atoms with Crippen molar-refractivity contribution in [1.82, 2.24) is 15.1 Å². The normalized spacial score (nSPS) is 17.3. The highest BCUT2D eigenvalue weighted by atomic mass is 16.5. The Hall–Kier alpha value is -2.28. The van der Waals surface area contributed by atoms with Gasteiger partial charge in [0.1, 0.15) is 5.75 Å². The molecule has 0 aromatic heterocycles. The molecule has 1 saturated heterocycles. The molecule has 0 bridgehead atoms. The lowest BCUT2D eigenvalue weighted by molar-refractivity contribution is -0.130. The maximum absolute atomic E-state index is 12.2. The number of ether oxygens (including phenoxy) is 2. The molecule has 1 aliphatic heterocycles. The molecule has 2 rings (SSSR count). The molecule has 1 fully saturated rings. The zero-order valence-electron chi connectivity index (χ0n) is 14.4. The van der Waals surface area contributed by atoms with Crippen molar-refractivity contribution in [2.24, 2.45) is 0 Å². The van der Waals surface area contributed by atoms with Crippen molar-refractivity contribution in [1.29, 1.82) is 0 Å². The maximum atomic E-state index is 12.2. The molecule has 7 heteroatoms. The molecule has 0 saturated carbocycles. The minimum absolute atomic E-state index is 0.00548. The zero-order valence-corrected chi connectivity index (χ0v) is 14.4. The van der Waals surface area contributed by atoms with E-state index in [4.69, 9.17) is 9.47 Å². The Morgan fingerprint density at radius 2 is 2.21 bits per heavy atom. The zero-order chi connectivity index (χ0) is 17.5. The smallest absolute Gasteiger partial charge is 0.317 e. The number of nitrogens with one attached hydrogen (secondary N) is 1. The standard InChI is InChI=1S/C17H25N3O4/c1-13-11-20(7-8-23-13)17(22)18-10-14-5-4-6-15(9-14)24-12-16(21)19(2)3/h4-6,9,13H,7-8,10-12H2,1-3H3,(H,18,22)/t13-/m1/s1. The van der Waals surface area contributed by atoms with Crippen LogP contribution in [0, 0.1) is 0 Å². The molecule has 3 amide bonds. The van der Waals surface area contributed by atoms with Gasteiger partial charge in [0.25, 0.3) is 5.91 Å². The number of likely N-dealkylation sites (N-methyl/N-ethyl adjacent to an activating group) is 1. The summed E-state index contributed by atoms with van der Waals surface area (Å²) < 4.78 is 10.9. The lowest BCUT2D eigenvalue weighted by atomic mass is 10.2. The first kappa shape index (κ1) is 18.1. The number of carbonyl (C=O) groups excluding carboxylic acids is 2. The second kappa shape index (κ2) is 8.54. The molecule has 0 spiro atoms. The third-order valence-electron chi connectivity index (χ3n) is 3.73. The molecule has 1 aliphatic rings. The summed E-state index contributed by atoms with van der Waals surface area (Å²) in [6.45, 7) is 4.12. The average Bonchev–Trinajstić information content (AvgIpc) is 2.57. The molecule has 24 heavy (non-hydrogen) atoms. The van der Waals surface area contributed by atoms with E-state index in [2.05, 4.69) is 5.32 Å². The monoisotopic (exact) mass is 335 g/mol. The van der Waals surface area contributed by atoms with Gasteiger partial charge in [-0.1, -0.05) is 12.1 Å². The number of rotatable bonds is 5. The van der Waals surface area contributed by atoms with E-state index in [0.717, 1.165) is 5.56 Å². The molecular formula is C17H25N3O4. The molecule has 0 unspecified atom stereocenters. The Balaban J connectivity index is 1.83. The van der Waals surface area contributed by atoms with E-state index in [1.807, 2.05) is 25.1 Å². The second-order valence-corrected chi connectivity index (χ2v) is 6.01. The molecule has 1 aromatic rings. The molecule has 0 radical (unpaired) electrons. The predicted molar refractivity (Wildman–Crippen MR) is 89.9 cm³/mol. The van der Waals surface area contributed by atoms with Crippen LogP contribution in [-0.2, 0) is 16.1 Å². The molecular weight excluding hydrogens is 310 g/mol. The van der Waals surface area contributed by atoms with Crippen LogP contribution in [0.2, 0.25) is 0 Å². The van der Waals surface area contributed by atoms with Crippen LogP contribution in [0.3, 0.4) is 0 Å². The summed E-state index contributed by atoms with van der Waals surface area (Å²) in [5.41, 5.74) is 0.916. The van der Waals surface area contributed by atoms with Crippen molar-refractivity contribution in [3.63, 3.8) is 0 Å². The van der Waals surface area contributed by atoms with Gasteiger partial charge in [-0.25, -0.2) is 4.79 Å². The SMILES string of the molecule is C[C@@H]1CN(C(=O)NCc2cccc(OCC(=O)N(C)C)c2)CCO1. The van der Waals surface area contributed by atoms with Crippen molar-refractivity contribution in [2.75, 3.05) is 40.4 Å². The molecule has 7 nitrogen and oxygen atoms in total. The van der Waals surface area contributed by atoms with Gasteiger partial charge >= 0.3 is 6.03 Å². The lowest BCUT2D eigenvalue weighted by Gasteiger charge is -2.31. The molecule has 1 atom stereocenters. The number of carbonyl (C=O) groups is 2. The number of hydrogen-bond donors (Lipinski definition) is 1. The van der Waals surface area contributed by atoms with Crippen molar-refractivity contribution in [3.05, 3.63) is 29.8 Å². The highest BCUT2D eigenvalue weighted by molar-refractivity contribution is 5.77. The van der Waals surface area contributed by atoms with Crippen LogP contribution >= 0.6 is 0 Å². The van der Waals surface area contributed by atoms with E-state index in [-0.39, 0.29) is 24.6 Å². The van der Waals surface area contributed by atoms with E-state index in [0.29, 0.717) is 32.0 Å². The number of urea groups is 1. The first-order valence-electron chi connectivity index (χ1n) is 8.02. The molecule has 1 heterocycles. The number of benzene rings is 1.